The molecule has 0 amide bonds. The van der Waals surface area contributed by atoms with Gasteiger partial charge in [-0.1, -0.05) is 13.0 Å². The molecule has 114 valence electrons. The highest BCUT2D eigenvalue weighted by molar-refractivity contribution is 5.48. The first kappa shape index (κ1) is 15.1. The lowest BCUT2D eigenvalue weighted by atomic mass is 10.3. The summed E-state index contributed by atoms with van der Waals surface area (Å²) in [7, 11) is 0. The van der Waals surface area contributed by atoms with E-state index in [0.717, 1.165) is 18.8 Å². The van der Waals surface area contributed by atoms with Crippen molar-refractivity contribution in [3.63, 3.8) is 0 Å². The fourth-order valence-electron chi connectivity index (χ4n) is 1.81. The molecule has 0 aliphatic heterocycles. The molecule has 0 fully saturated rings. The molecule has 21 heavy (non-hydrogen) atoms. The second kappa shape index (κ2) is 6.47. The monoisotopic (exact) mass is 300 g/mol. The van der Waals surface area contributed by atoms with E-state index in [1.807, 2.05) is 6.92 Å². The zero-order valence-electron chi connectivity index (χ0n) is 11.4. The van der Waals surface area contributed by atoms with Gasteiger partial charge in [-0.3, -0.25) is 0 Å². The molecule has 1 aromatic carbocycles. The Balaban J connectivity index is 2.00. The van der Waals surface area contributed by atoms with Crippen LogP contribution in [0.1, 0.15) is 19.2 Å². The van der Waals surface area contributed by atoms with Crippen LogP contribution in [0.5, 0.6) is 5.75 Å². The summed E-state index contributed by atoms with van der Waals surface area (Å²) >= 11 is 0. The molecule has 0 saturated heterocycles. The fourth-order valence-corrected chi connectivity index (χ4v) is 1.81. The van der Waals surface area contributed by atoms with E-state index in [-0.39, 0.29) is 5.75 Å². The number of rotatable bonds is 6. The van der Waals surface area contributed by atoms with Gasteiger partial charge in [-0.05, 0) is 18.6 Å². The number of alkyl halides is 3. The molecule has 0 unspecified atom stereocenters. The smallest absolute Gasteiger partial charge is 0.406 e. The second-order valence-electron chi connectivity index (χ2n) is 4.33. The molecule has 2 rings (SSSR count). The molecular weight excluding hydrogens is 285 g/mol. The molecular formula is C13H15F3N4O. The molecule has 5 nitrogen and oxygen atoms in total. The Labute approximate surface area is 119 Å². The number of halogens is 3. The van der Waals surface area contributed by atoms with Gasteiger partial charge in [0.25, 0.3) is 0 Å². The number of ether oxygens (including phenoxy) is 1. The first-order valence-electron chi connectivity index (χ1n) is 6.44. The van der Waals surface area contributed by atoms with E-state index in [2.05, 4.69) is 20.1 Å². The molecule has 1 N–H and O–H groups in total. The average molecular weight is 300 g/mol. The number of hydrogen-bond donors (Lipinski definition) is 1. The Hall–Kier alpha value is -2.25. The molecule has 2 aromatic rings. The van der Waals surface area contributed by atoms with Gasteiger partial charge in [-0.15, -0.1) is 13.2 Å². The van der Waals surface area contributed by atoms with E-state index < -0.39 is 6.36 Å². The lowest BCUT2D eigenvalue weighted by Gasteiger charge is -2.11. The minimum absolute atomic E-state index is 0.262. The molecule has 8 heteroatoms. The zero-order valence-corrected chi connectivity index (χ0v) is 11.4. The topological polar surface area (TPSA) is 52.0 Å². The van der Waals surface area contributed by atoms with Crippen LogP contribution in [0.25, 0.3) is 0 Å². The van der Waals surface area contributed by atoms with Gasteiger partial charge < -0.3 is 10.1 Å². The first-order valence-corrected chi connectivity index (χ1v) is 6.44. The van der Waals surface area contributed by atoms with Crippen LogP contribution in [0.3, 0.4) is 0 Å². The summed E-state index contributed by atoms with van der Waals surface area (Å²) in [6, 6.07) is 5.68. The summed E-state index contributed by atoms with van der Waals surface area (Å²) < 4.78 is 42.1. The quantitative estimate of drug-likeness (QED) is 0.890. The molecule has 1 aromatic heterocycles. The van der Waals surface area contributed by atoms with Crippen LogP contribution in [0.4, 0.5) is 18.9 Å². The van der Waals surface area contributed by atoms with Crippen molar-refractivity contribution in [3.8, 4) is 5.75 Å². The molecule has 0 aliphatic carbocycles. The standard InChI is InChI=1S/C13H15F3N4O/c1-2-6-20-12(18-9-19-20)8-17-10-4-3-5-11(7-10)21-13(14,15)16/h3-5,7,9,17H,2,6,8H2,1H3. The van der Waals surface area contributed by atoms with E-state index in [4.69, 9.17) is 0 Å². The molecule has 0 saturated carbocycles. The molecule has 0 spiro atoms. The van der Waals surface area contributed by atoms with Gasteiger partial charge in [0.1, 0.15) is 17.9 Å². The highest BCUT2D eigenvalue weighted by atomic mass is 19.4. The van der Waals surface area contributed by atoms with E-state index in [0.29, 0.717) is 12.2 Å². The highest BCUT2D eigenvalue weighted by Gasteiger charge is 2.31. The predicted octanol–water partition coefficient (Wildman–Crippen LogP) is 3.20. The number of nitrogens with zero attached hydrogens (tertiary/aromatic N) is 3. The van der Waals surface area contributed by atoms with Crippen molar-refractivity contribution in [1.29, 1.82) is 0 Å². The number of nitrogens with one attached hydrogen (secondary N) is 1. The van der Waals surface area contributed by atoms with Gasteiger partial charge in [0, 0.05) is 18.3 Å². The maximum absolute atomic E-state index is 12.2. The second-order valence-corrected chi connectivity index (χ2v) is 4.33. The van der Waals surface area contributed by atoms with Crippen molar-refractivity contribution in [2.75, 3.05) is 5.32 Å². The summed E-state index contributed by atoms with van der Waals surface area (Å²) in [6.45, 7) is 3.14. The number of aryl methyl sites for hydroxylation is 1. The van der Waals surface area contributed by atoms with Crippen LogP contribution in [-0.2, 0) is 13.1 Å². The van der Waals surface area contributed by atoms with Crippen molar-refractivity contribution >= 4 is 5.69 Å². The van der Waals surface area contributed by atoms with Gasteiger partial charge in [0.15, 0.2) is 0 Å². The van der Waals surface area contributed by atoms with Gasteiger partial charge in [-0.25, -0.2) is 9.67 Å². The minimum atomic E-state index is -4.69. The SMILES string of the molecule is CCCn1ncnc1CNc1cccc(OC(F)(F)F)c1. The maximum Gasteiger partial charge on any atom is 0.573 e. The van der Waals surface area contributed by atoms with E-state index >= 15 is 0 Å². The number of hydrogen-bond acceptors (Lipinski definition) is 4. The Bertz CT molecular complexity index is 583. The minimum Gasteiger partial charge on any atom is -0.406 e. The summed E-state index contributed by atoms with van der Waals surface area (Å²) in [5.74, 6) is 0.460. The molecule has 1 heterocycles. The third-order valence-electron chi connectivity index (χ3n) is 2.65. The third kappa shape index (κ3) is 4.66. The summed E-state index contributed by atoms with van der Waals surface area (Å²) in [6.07, 6.45) is -2.32. The predicted molar refractivity (Wildman–Crippen MR) is 70.8 cm³/mol. The van der Waals surface area contributed by atoms with Crippen LogP contribution in [0.15, 0.2) is 30.6 Å². The fraction of sp³-hybridized carbons (Fsp3) is 0.385. The van der Waals surface area contributed by atoms with Crippen molar-refractivity contribution < 1.29 is 17.9 Å². The van der Waals surface area contributed by atoms with E-state index in [1.54, 1.807) is 10.7 Å². The number of anilines is 1. The number of benzene rings is 1. The van der Waals surface area contributed by atoms with Gasteiger partial charge in [0.2, 0.25) is 0 Å². The normalized spacial score (nSPS) is 11.4. The van der Waals surface area contributed by atoms with E-state index in [1.165, 1.54) is 24.5 Å². The van der Waals surface area contributed by atoms with Gasteiger partial charge >= 0.3 is 6.36 Å². The van der Waals surface area contributed by atoms with Crippen molar-refractivity contribution in [3.05, 3.63) is 36.4 Å². The zero-order chi connectivity index (χ0) is 15.3. The van der Waals surface area contributed by atoms with Crippen LogP contribution in [0, 0.1) is 0 Å². The first-order chi connectivity index (χ1) is 9.98. The third-order valence-corrected chi connectivity index (χ3v) is 2.65. The van der Waals surface area contributed by atoms with Crippen molar-refractivity contribution in [2.24, 2.45) is 0 Å². The summed E-state index contributed by atoms with van der Waals surface area (Å²) in [5.41, 5.74) is 0.516. The van der Waals surface area contributed by atoms with Gasteiger partial charge in [0.05, 0.1) is 6.54 Å². The van der Waals surface area contributed by atoms with Crippen LogP contribution < -0.4 is 10.1 Å². The van der Waals surface area contributed by atoms with Crippen molar-refractivity contribution in [2.45, 2.75) is 32.8 Å². The largest absolute Gasteiger partial charge is 0.573 e. The lowest BCUT2D eigenvalue weighted by Crippen LogP contribution is -2.17. The molecule has 0 radical (unpaired) electrons. The lowest BCUT2D eigenvalue weighted by molar-refractivity contribution is -0.274. The highest BCUT2D eigenvalue weighted by Crippen LogP contribution is 2.25. The molecule has 0 bridgehead atoms. The summed E-state index contributed by atoms with van der Waals surface area (Å²) in [5, 5.41) is 7.08. The maximum atomic E-state index is 12.2. The van der Waals surface area contributed by atoms with Crippen LogP contribution in [0.2, 0.25) is 0 Å². The average Bonchev–Trinajstić information content (AvgIpc) is 2.83. The van der Waals surface area contributed by atoms with E-state index in [9.17, 15) is 13.2 Å². The Kier molecular flexibility index (Phi) is 4.66. The Morgan fingerprint density at radius 2 is 2.14 bits per heavy atom. The van der Waals surface area contributed by atoms with Crippen molar-refractivity contribution in [1.82, 2.24) is 14.8 Å². The van der Waals surface area contributed by atoms with Crippen LogP contribution in [-0.4, -0.2) is 21.1 Å². The molecule has 0 aliphatic rings. The Morgan fingerprint density at radius 1 is 1.33 bits per heavy atom. The van der Waals surface area contributed by atoms with Crippen LogP contribution >= 0.6 is 0 Å². The molecule has 0 atom stereocenters. The Morgan fingerprint density at radius 3 is 2.86 bits per heavy atom. The summed E-state index contributed by atoms with van der Waals surface area (Å²) in [4.78, 5) is 4.11. The number of aromatic nitrogens is 3. The van der Waals surface area contributed by atoms with Gasteiger partial charge in [-0.2, -0.15) is 5.10 Å².